The van der Waals surface area contributed by atoms with Gasteiger partial charge in [-0.15, -0.1) is 0 Å². The van der Waals surface area contributed by atoms with Gasteiger partial charge in [-0.1, -0.05) is 0 Å². The normalized spacial score (nSPS) is 20.7. The molecular formula is C7H10N4+2. The molecule has 0 aromatic carbocycles. The van der Waals surface area contributed by atoms with Crippen LogP contribution < -0.4 is 0 Å². The maximum Gasteiger partial charge on any atom is 0.390 e. The summed E-state index contributed by atoms with van der Waals surface area (Å²) in [5.41, 5.74) is 0. The monoisotopic (exact) mass is 150 g/mol. The minimum absolute atomic E-state index is 0.743. The van der Waals surface area contributed by atoms with E-state index in [1.807, 2.05) is 34.2 Å². The second kappa shape index (κ2) is 2.74. The number of rotatable bonds is 2. The third-order valence-corrected chi connectivity index (χ3v) is 1.59. The summed E-state index contributed by atoms with van der Waals surface area (Å²) in [6.07, 6.45) is 9.75. The predicted molar refractivity (Wildman–Crippen MR) is 43.7 cm³/mol. The molecule has 11 heavy (non-hydrogen) atoms. The Morgan fingerprint density at radius 1 is 1.00 bits per heavy atom. The first-order valence-electron chi connectivity index (χ1n) is 3.70. The Kier molecular flexibility index (Phi) is 1.59. The number of hydrogen-bond acceptors (Lipinski definition) is 2. The molecule has 0 aromatic heterocycles. The molecule has 2 rings (SSSR count). The molecule has 0 unspecified atom stereocenters. The first kappa shape index (κ1) is 6.39. The van der Waals surface area contributed by atoms with Gasteiger partial charge in [0.15, 0.2) is 12.4 Å². The average molecular weight is 150 g/mol. The van der Waals surface area contributed by atoms with Crippen LogP contribution >= 0.6 is 0 Å². The van der Waals surface area contributed by atoms with Crippen LogP contribution in [0, 0.1) is 0 Å². The molecule has 0 radical (unpaired) electrons. The fraction of sp³-hybridized carbons (Fsp3) is 0.429. The summed E-state index contributed by atoms with van der Waals surface area (Å²) in [6, 6.07) is 0. The van der Waals surface area contributed by atoms with Crippen LogP contribution in [0.15, 0.2) is 10.2 Å². The van der Waals surface area contributed by atoms with E-state index in [0.717, 1.165) is 19.5 Å². The van der Waals surface area contributed by atoms with E-state index < -0.39 is 0 Å². The molecule has 2 aliphatic rings. The van der Waals surface area contributed by atoms with Crippen LogP contribution in [0.25, 0.3) is 0 Å². The minimum atomic E-state index is 0.743. The Morgan fingerprint density at radius 3 is 1.91 bits per heavy atom. The lowest BCUT2D eigenvalue weighted by Gasteiger charge is -1.83. The Labute approximate surface area is 64.9 Å². The SMILES string of the molecule is C1=N[N+](C[N+]2=CCC=N2)=CC1. The zero-order chi connectivity index (χ0) is 7.52. The summed E-state index contributed by atoms with van der Waals surface area (Å²) in [7, 11) is 0. The number of nitrogens with zero attached hydrogens (tertiary/aromatic N) is 4. The summed E-state index contributed by atoms with van der Waals surface area (Å²) < 4.78 is 3.78. The van der Waals surface area contributed by atoms with E-state index in [-0.39, 0.29) is 0 Å². The van der Waals surface area contributed by atoms with Crippen LogP contribution in [-0.2, 0) is 0 Å². The second-order valence-electron chi connectivity index (χ2n) is 2.45. The first-order valence-corrected chi connectivity index (χ1v) is 3.70. The predicted octanol–water partition coefficient (Wildman–Crippen LogP) is -0.111. The highest BCUT2D eigenvalue weighted by atomic mass is 15.5. The molecule has 0 spiro atoms. The zero-order valence-electron chi connectivity index (χ0n) is 6.22. The molecule has 0 fully saturated rings. The van der Waals surface area contributed by atoms with Crippen molar-refractivity contribution in [2.45, 2.75) is 12.8 Å². The van der Waals surface area contributed by atoms with Crippen molar-refractivity contribution >= 4 is 24.9 Å². The quantitative estimate of drug-likeness (QED) is 0.492. The maximum atomic E-state index is 4.12. The molecule has 0 atom stereocenters. The van der Waals surface area contributed by atoms with Crippen LogP contribution in [0.2, 0.25) is 0 Å². The van der Waals surface area contributed by atoms with Gasteiger partial charge in [-0.3, -0.25) is 0 Å². The zero-order valence-corrected chi connectivity index (χ0v) is 6.22. The Hall–Kier alpha value is -1.32. The Balaban J connectivity index is 1.99. The summed E-state index contributed by atoms with van der Waals surface area (Å²) in [6.45, 7) is 0.743. The van der Waals surface area contributed by atoms with Crippen LogP contribution in [0.4, 0.5) is 0 Å². The summed E-state index contributed by atoms with van der Waals surface area (Å²) in [5.74, 6) is 0. The summed E-state index contributed by atoms with van der Waals surface area (Å²) in [5, 5.41) is 8.23. The third-order valence-electron chi connectivity index (χ3n) is 1.59. The fourth-order valence-electron chi connectivity index (χ4n) is 1.07. The van der Waals surface area contributed by atoms with Gasteiger partial charge >= 0.3 is 6.67 Å². The Morgan fingerprint density at radius 2 is 1.55 bits per heavy atom. The molecule has 0 saturated carbocycles. The molecule has 0 N–H and O–H groups in total. The summed E-state index contributed by atoms with van der Waals surface area (Å²) >= 11 is 0. The average Bonchev–Trinajstić information content (AvgIpc) is 2.60. The van der Waals surface area contributed by atoms with Crippen molar-refractivity contribution in [2.75, 3.05) is 6.67 Å². The Bertz CT molecular complexity index is 244. The van der Waals surface area contributed by atoms with Gasteiger partial charge in [0.05, 0.1) is 25.3 Å². The molecule has 4 heteroatoms. The van der Waals surface area contributed by atoms with Gasteiger partial charge in [0.25, 0.3) is 0 Å². The van der Waals surface area contributed by atoms with E-state index in [2.05, 4.69) is 10.2 Å². The van der Waals surface area contributed by atoms with E-state index in [0.29, 0.717) is 0 Å². The molecule has 2 heterocycles. The lowest BCUT2D eigenvalue weighted by Crippen LogP contribution is -2.15. The molecule has 56 valence electrons. The standard InChI is InChI=1S/C7H10N4/c1-3-8-10(5-1)7-11-6-2-4-9-11/h3-6H,1-2,7H2/q+2. The molecule has 0 amide bonds. The minimum Gasteiger partial charge on any atom is -0.0319 e. The van der Waals surface area contributed by atoms with Crippen LogP contribution in [-0.4, -0.2) is 40.9 Å². The molecule has 0 bridgehead atoms. The van der Waals surface area contributed by atoms with Crippen LogP contribution in [0.1, 0.15) is 12.8 Å². The van der Waals surface area contributed by atoms with Crippen molar-refractivity contribution in [3.05, 3.63) is 0 Å². The number of hydrogen-bond donors (Lipinski definition) is 0. The van der Waals surface area contributed by atoms with E-state index in [1.54, 1.807) is 0 Å². The second-order valence-corrected chi connectivity index (χ2v) is 2.45. The van der Waals surface area contributed by atoms with Gasteiger partial charge in [0.2, 0.25) is 0 Å². The van der Waals surface area contributed by atoms with Crippen molar-refractivity contribution in [3.63, 3.8) is 0 Å². The lowest BCUT2D eigenvalue weighted by molar-refractivity contribution is -0.728. The highest BCUT2D eigenvalue weighted by molar-refractivity contribution is 5.79. The van der Waals surface area contributed by atoms with Gasteiger partial charge < -0.3 is 0 Å². The fourth-order valence-corrected chi connectivity index (χ4v) is 1.07. The van der Waals surface area contributed by atoms with Gasteiger partial charge in [0, 0.05) is 0 Å². The molecule has 0 aliphatic carbocycles. The summed E-state index contributed by atoms with van der Waals surface area (Å²) in [4.78, 5) is 0. The van der Waals surface area contributed by atoms with Gasteiger partial charge in [-0.2, -0.15) is 0 Å². The highest BCUT2D eigenvalue weighted by Gasteiger charge is 2.16. The van der Waals surface area contributed by atoms with Crippen molar-refractivity contribution in [2.24, 2.45) is 10.2 Å². The van der Waals surface area contributed by atoms with Crippen molar-refractivity contribution < 1.29 is 9.37 Å². The van der Waals surface area contributed by atoms with Crippen LogP contribution in [0.3, 0.4) is 0 Å². The first-order chi connectivity index (χ1) is 5.45. The van der Waals surface area contributed by atoms with Crippen molar-refractivity contribution in [1.29, 1.82) is 0 Å². The lowest BCUT2D eigenvalue weighted by atomic mass is 10.5. The maximum absolute atomic E-state index is 4.12. The highest BCUT2D eigenvalue weighted by Crippen LogP contribution is 1.91. The molecule has 0 saturated heterocycles. The van der Waals surface area contributed by atoms with Gasteiger partial charge in [-0.25, -0.2) is 0 Å². The van der Waals surface area contributed by atoms with Crippen molar-refractivity contribution in [3.8, 4) is 0 Å². The molecule has 4 nitrogen and oxygen atoms in total. The third kappa shape index (κ3) is 1.39. The smallest absolute Gasteiger partial charge is 0.0319 e. The van der Waals surface area contributed by atoms with E-state index in [1.165, 1.54) is 0 Å². The van der Waals surface area contributed by atoms with Crippen LogP contribution in [0.5, 0.6) is 0 Å². The van der Waals surface area contributed by atoms with Gasteiger partial charge in [0.1, 0.15) is 0 Å². The molecule has 2 aliphatic heterocycles. The van der Waals surface area contributed by atoms with E-state index in [9.17, 15) is 0 Å². The largest absolute Gasteiger partial charge is 0.390 e. The van der Waals surface area contributed by atoms with Crippen molar-refractivity contribution in [1.82, 2.24) is 0 Å². The van der Waals surface area contributed by atoms with E-state index >= 15 is 0 Å². The molecule has 0 aromatic rings. The molecular weight excluding hydrogens is 140 g/mol. The number of hydrazone groups is 2. The van der Waals surface area contributed by atoms with Gasteiger partial charge in [-0.05, 0) is 19.6 Å². The topological polar surface area (TPSA) is 30.7 Å². The van der Waals surface area contributed by atoms with E-state index in [4.69, 9.17) is 0 Å².